The first-order valence-electron chi connectivity index (χ1n) is 4.28. The van der Waals surface area contributed by atoms with Crippen LogP contribution in [0.25, 0.3) is 0 Å². The van der Waals surface area contributed by atoms with Crippen molar-refractivity contribution in [3.8, 4) is 0 Å². The van der Waals surface area contributed by atoms with Crippen molar-refractivity contribution in [2.24, 2.45) is 5.92 Å². The van der Waals surface area contributed by atoms with E-state index >= 15 is 0 Å². The molecule has 0 rings (SSSR count). The number of aliphatic hydroxyl groups excluding tert-OH is 1. The Hall–Kier alpha value is -0.0400. The Labute approximate surface area is 65.5 Å². The lowest BCUT2D eigenvalue weighted by Crippen LogP contribution is -2.11. The van der Waals surface area contributed by atoms with E-state index in [4.69, 9.17) is 5.11 Å². The Morgan fingerprint density at radius 2 is 1.40 bits per heavy atom. The Morgan fingerprint density at radius 3 is 1.40 bits per heavy atom. The number of hydrogen-bond acceptors (Lipinski definition) is 1. The molecule has 0 aromatic carbocycles. The van der Waals surface area contributed by atoms with Gasteiger partial charge in [0, 0.05) is 0 Å². The van der Waals surface area contributed by atoms with Crippen LogP contribution in [0.5, 0.6) is 0 Å². The first-order valence-corrected chi connectivity index (χ1v) is 4.28. The van der Waals surface area contributed by atoms with Crippen molar-refractivity contribution < 1.29 is 5.11 Å². The summed E-state index contributed by atoms with van der Waals surface area (Å²) >= 11 is 0. The van der Waals surface area contributed by atoms with Crippen molar-refractivity contribution in [2.75, 3.05) is 0 Å². The van der Waals surface area contributed by atoms with Gasteiger partial charge in [-0.2, -0.15) is 0 Å². The summed E-state index contributed by atoms with van der Waals surface area (Å²) in [7, 11) is 0. The molecule has 0 saturated heterocycles. The Bertz CT molecular complexity index is 50.7. The first-order chi connectivity index (χ1) is 4.59. The molecule has 0 aromatic heterocycles. The molecular weight excluding hydrogens is 124 g/mol. The quantitative estimate of drug-likeness (QED) is 0.635. The number of aliphatic hydroxyl groups is 1. The van der Waals surface area contributed by atoms with Gasteiger partial charge < -0.3 is 5.11 Å². The second-order valence-electron chi connectivity index (χ2n) is 2.93. The fraction of sp³-hybridized carbons (Fsp3) is 1.00. The molecule has 0 amide bonds. The molecular formula is C9H22O. The molecule has 1 unspecified atom stereocenters. The van der Waals surface area contributed by atoms with Crippen molar-refractivity contribution in [1.82, 2.24) is 0 Å². The fourth-order valence-electron chi connectivity index (χ4n) is 0.471. The molecule has 0 saturated carbocycles. The van der Waals surface area contributed by atoms with Gasteiger partial charge >= 0.3 is 0 Å². The molecule has 1 nitrogen and oxygen atoms in total. The summed E-state index contributed by atoms with van der Waals surface area (Å²) in [6.07, 6.45) is 2.03. The minimum absolute atomic E-state index is 0.0972. The molecule has 0 bridgehead atoms. The van der Waals surface area contributed by atoms with Crippen LogP contribution in [-0.2, 0) is 0 Å². The number of hydrogen-bond donors (Lipinski definition) is 1. The van der Waals surface area contributed by atoms with Gasteiger partial charge in [0.05, 0.1) is 6.10 Å². The minimum Gasteiger partial charge on any atom is -0.393 e. The van der Waals surface area contributed by atoms with Crippen LogP contribution in [0.3, 0.4) is 0 Å². The third-order valence-electron chi connectivity index (χ3n) is 1.19. The lowest BCUT2D eigenvalue weighted by Gasteiger charge is -2.09. The normalized spacial score (nSPS) is 12.3. The molecule has 64 valence electrons. The van der Waals surface area contributed by atoms with Gasteiger partial charge in [0.15, 0.2) is 0 Å². The highest BCUT2D eigenvalue weighted by Gasteiger charge is 2.03. The van der Waals surface area contributed by atoms with Crippen LogP contribution < -0.4 is 0 Å². The Kier molecular flexibility index (Phi) is 11.3. The summed E-state index contributed by atoms with van der Waals surface area (Å²) in [6, 6.07) is 0. The largest absolute Gasteiger partial charge is 0.393 e. The summed E-state index contributed by atoms with van der Waals surface area (Å²) in [4.78, 5) is 0. The smallest absolute Gasteiger partial charge is 0.0560 e. The van der Waals surface area contributed by atoms with E-state index in [1.54, 1.807) is 0 Å². The van der Waals surface area contributed by atoms with Gasteiger partial charge in [-0.05, 0) is 12.3 Å². The molecule has 0 aliphatic heterocycles. The average Bonchev–Trinajstić information content (AvgIpc) is 1.88. The summed E-state index contributed by atoms with van der Waals surface area (Å²) in [5, 5.41) is 8.94. The van der Waals surface area contributed by atoms with E-state index < -0.39 is 0 Å². The molecule has 0 aromatic rings. The molecule has 0 heterocycles. The van der Waals surface area contributed by atoms with Crippen LogP contribution in [0.2, 0.25) is 0 Å². The van der Waals surface area contributed by atoms with Crippen LogP contribution in [0.15, 0.2) is 0 Å². The lowest BCUT2D eigenvalue weighted by atomic mass is 10.1. The molecule has 1 N–H and O–H groups in total. The van der Waals surface area contributed by atoms with E-state index in [-0.39, 0.29) is 6.10 Å². The summed E-state index contributed by atoms with van der Waals surface area (Å²) < 4.78 is 0. The standard InChI is InChI=1S/C6H14O.C3H8/c1-4-6(7)5(2)3;1-3-2/h5-7H,4H2,1-3H3;3H2,1-2H3. The third kappa shape index (κ3) is 10.9. The zero-order valence-electron chi connectivity index (χ0n) is 8.02. The third-order valence-corrected chi connectivity index (χ3v) is 1.19. The second-order valence-corrected chi connectivity index (χ2v) is 2.93. The zero-order valence-corrected chi connectivity index (χ0v) is 8.02. The van der Waals surface area contributed by atoms with E-state index in [1.807, 2.05) is 20.8 Å². The molecule has 0 spiro atoms. The van der Waals surface area contributed by atoms with Gasteiger partial charge in [-0.25, -0.2) is 0 Å². The van der Waals surface area contributed by atoms with Gasteiger partial charge in [0.2, 0.25) is 0 Å². The predicted molar refractivity (Wildman–Crippen MR) is 47.1 cm³/mol. The fourth-order valence-corrected chi connectivity index (χ4v) is 0.471. The molecule has 0 radical (unpaired) electrons. The monoisotopic (exact) mass is 146 g/mol. The van der Waals surface area contributed by atoms with Crippen LogP contribution in [0, 0.1) is 5.92 Å². The van der Waals surface area contributed by atoms with Gasteiger partial charge in [0.25, 0.3) is 0 Å². The van der Waals surface area contributed by atoms with E-state index in [2.05, 4.69) is 13.8 Å². The van der Waals surface area contributed by atoms with Crippen LogP contribution in [0.1, 0.15) is 47.5 Å². The highest BCUT2D eigenvalue weighted by molar-refractivity contribution is 4.54. The second kappa shape index (κ2) is 8.96. The Morgan fingerprint density at radius 1 is 1.10 bits per heavy atom. The van der Waals surface area contributed by atoms with Crippen LogP contribution in [0.4, 0.5) is 0 Å². The topological polar surface area (TPSA) is 20.2 Å². The van der Waals surface area contributed by atoms with Gasteiger partial charge in [-0.1, -0.05) is 41.0 Å². The summed E-state index contributed by atoms with van der Waals surface area (Å²) in [5.41, 5.74) is 0. The van der Waals surface area contributed by atoms with E-state index in [1.165, 1.54) is 6.42 Å². The molecule has 10 heavy (non-hydrogen) atoms. The SMILES string of the molecule is CCC.CCC(O)C(C)C. The molecule has 0 aliphatic rings. The molecule has 0 aliphatic carbocycles. The summed E-state index contributed by atoms with van der Waals surface area (Å²) in [6.45, 7) is 10.3. The molecule has 0 fully saturated rings. The van der Waals surface area contributed by atoms with Gasteiger partial charge in [-0.15, -0.1) is 0 Å². The van der Waals surface area contributed by atoms with Crippen molar-refractivity contribution in [3.63, 3.8) is 0 Å². The average molecular weight is 146 g/mol. The predicted octanol–water partition coefficient (Wildman–Crippen LogP) is 2.83. The van der Waals surface area contributed by atoms with Crippen molar-refractivity contribution >= 4 is 0 Å². The van der Waals surface area contributed by atoms with Crippen molar-refractivity contribution in [3.05, 3.63) is 0 Å². The van der Waals surface area contributed by atoms with Crippen LogP contribution >= 0.6 is 0 Å². The van der Waals surface area contributed by atoms with Crippen molar-refractivity contribution in [2.45, 2.75) is 53.6 Å². The van der Waals surface area contributed by atoms with Crippen LogP contribution in [-0.4, -0.2) is 11.2 Å². The first kappa shape index (κ1) is 12.6. The summed E-state index contributed by atoms with van der Waals surface area (Å²) in [5.74, 6) is 0.421. The highest BCUT2D eigenvalue weighted by atomic mass is 16.3. The molecule has 1 atom stereocenters. The maximum absolute atomic E-state index is 8.94. The maximum atomic E-state index is 8.94. The zero-order chi connectivity index (χ0) is 8.57. The van der Waals surface area contributed by atoms with Gasteiger partial charge in [-0.3, -0.25) is 0 Å². The minimum atomic E-state index is -0.0972. The van der Waals surface area contributed by atoms with Gasteiger partial charge in [0.1, 0.15) is 0 Å². The van der Waals surface area contributed by atoms with E-state index in [0.29, 0.717) is 5.92 Å². The highest BCUT2D eigenvalue weighted by Crippen LogP contribution is 2.02. The van der Waals surface area contributed by atoms with E-state index in [9.17, 15) is 0 Å². The Balaban J connectivity index is 0. The maximum Gasteiger partial charge on any atom is 0.0560 e. The van der Waals surface area contributed by atoms with Crippen molar-refractivity contribution in [1.29, 1.82) is 0 Å². The molecule has 1 heteroatoms. The lowest BCUT2D eigenvalue weighted by molar-refractivity contribution is 0.121. The van der Waals surface area contributed by atoms with E-state index in [0.717, 1.165) is 6.42 Å². The number of rotatable bonds is 2.